The van der Waals surface area contributed by atoms with E-state index in [-0.39, 0.29) is 16.7 Å². The summed E-state index contributed by atoms with van der Waals surface area (Å²) in [5.74, 6) is 0. The number of nitrogens with zero attached hydrogens (tertiary/aromatic N) is 2. The highest BCUT2D eigenvalue weighted by atomic mass is 35.5. The van der Waals surface area contributed by atoms with E-state index < -0.39 is 0 Å². The Balaban J connectivity index is 1.89. The van der Waals surface area contributed by atoms with Crippen molar-refractivity contribution in [2.45, 2.75) is 13.0 Å². The summed E-state index contributed by atoms with van der Waals surface area (Å²) < 4.78 is 0. The molecule has 0 amide bonds. The zero-order chi connectivity index (χ0) is 18.7. The number of piperazine rings is 1. The molecule has 8 heteroatoms. The second-order valence-corrected chi connectivity index (χ2v) is 7.14. The van der Waals surface area contributed by atoms with Crippen molar-refractivity contribution in [2.75, 3.05) is 36.4 Å². The van der Waals surface area contributed by atoms with Gasteiger partial charge in [-0.3, -0.25) is 10.1 Å². The molecule has 2 aromatic carbocycles. The molecule has 0 spiro atoms. The number of halogens is 2. The van der Waals surface area contributed by atoms with E-state index in [2.05, 4.69) is 15.5 Å². The molecule has 2 N–H and O–H groups in total. The van der Waals surface area contributed by atoms with Crippen LogP contribution in [0, 0.1) is 10.1 Å². The molecule has 2 aromatic rings. The van der Waals surface area contributed by atoms with Crippen molar-refractivity contribution in [1.29, 1.82) is 0 Å². The molecule has 3 rings (SSSR count). The number of hydrogen-bond acceptors (Lipinski definition) is 5. The predicted molar refractivity (Wildman–Crippen MR) is 107 cm³/mol. The van der Waals surface area contributed by atoms with Gasteiger partial charge in [0.15, 0.2) is 0 Å². The summed E-state index contributed by atoms with van der Waals surface area (Å²) in [6.07, 6.45) is 0. The van der Waals surface area contributed by atoms with Crippen molar-refractivity contribution in [3.8, 4) is 0 Å². The first-order chi connectivity index (χ1) is 12.4. The summed E-state index contributed by atoms with van der Waals surface area (Å²) >= 11 is 12.1. The van der Waals surface area contributed by atoms with Gasteiger partial charge < -0.3 is 15.5 Å². The lowest BCUT2D eigenvalue weighted by molar-refractivity contribution is -0.384. The standard InChI is InChI=1S/C18H20Cl2N4O2/c1-12(13-8-14(19)10-15(20)9-13)22-17-11-16(2-3-18(17)24(25)26)23-6-4-21-5-7-23/h2-3,8-12,21-22H,4-7H2,1H3. The Kier molecular flexibility index (Phi) is 5.86. The molecular weight excluding hydrogens is 375 g/mol. The molecule has 138 valence electrons. The minimum absolute atomic E-state index is 0.0452. The average Bonchev–Trinajstić information content (AvgIpc) is 2.61. The van der Waals surface area contributed by atoms with E-state index in [9.17, 15) is 10.1 Å². The number of nitro groups is 1. The maximum Gasteiger partial charge on any atom is 0.292 e. The SMILES string of the molecule is CC(Nc1cc(N2CCNCC2)ccc1[N+](=O)[O-])c1cc(Cl)cc(Cl)c1. The molecule has 0 aromatic heterocycles. The maximum absolute atomic E-state index is 11.4. The Morgan fingerprint density at radius 1 is 1.15 bits per heavy atom. The minimum Gasteiger partial charge on any atom is -0.373 e. The highest BCUT2D eigenvalue weighted by Gasteiger charge is 2.20. The van der Waals surface area contributed by atoms with Crippen LogP contribution >= 0.6 is 23.2 Å². The van der Waals surface area contributed by atoms with Gasteiger partial charge in [0.1, 0.15) is 5.69 Å². The van der Waals surface area contributed by atoms with Gasteiger partial charge in [0, 0.05) is 54.0 Å². The number of nitrogens with one attached hydrogen (secondary N) is 2. The molecule has 0 saturated carbocycles. The van der Waals surface area contributed by atoms with E-state index in [1.165, 1.54) is 0 Å². The van der Waals surface area contributed by atoms with Crippen molar-refractivity contribution in [3.05, 3.63) is 62.1 Å². The summed E-state index contributed by atoms with van der Waals surface area (Å²) in [6, 6.07) is 10.3. The molecule has 1 atom stereocenters. The zero-order valence-electron chi connectivity index (χ0n) is 14.3. The first kappa shape index (κ1) is 18.8. The molecular formula is C18H20Cl2N4O2. The largest absolute Gasteiger partial charge is 0.373 e. The van der Waals surface area contributed by atoms with Crippen LogP contribution < -0.4 is 15.5 Å². The topological polar surface area (TPSA) is 70.4 Å². The molecule has 1 aliphatic heterocycles. The number of benzene rings is 2. The predicted octanol–water partition coefficient (Wildman–Crippen LogP) is 4.48. The van der Waals surface area contributed by atoms with Crippen LogP contribution in [0.1, 0.15) is 18.5 Å². The van der Waals surface area contributed by atoms with E-state index in [0.717, 1.165) is 37.4 Å². The summed E-state index contributed by atoms with van der Waals surface area (Å²) in [5, 5.41) is 19.0. The molecule has 1 unspecified atom stereocenters. The van der Waals surface area contributed by atoms with Gasteiger partial charge in [0.05, 0.1) is 4.92 Å². The smallest absolute Gasteiger partial charge is 0.292 e. The van der Waals surface area contributed by atoms with Gasteiger partial charge in [-0.1, -0.05) is 23.2 Å². The lowest BCUT2D eigenvalue weighted by Crippen LogP contribution is -2.43. The van der Waals surface area contributed by atoms with Crippen molar-refractivity contribution in [3.63, 3.8) is 0 Å². The Morgan fingerprint density at radius 3 is 2.42 bits per heavy atom. The molecule has 0 bridgehead atoms. The van der Waals surface area contributed by atoms with E-state index in [0.29, 0.717) is 15.7 Å². The number of hydrogen-bond donors (Lipinski definition) is 2. The van der Waals surface area contributed by atoms with Gasteiger partial charge in [-0.05, 0) is 42.8 Å². The molecule has 1 heterocycles. The highest BCUT2D eigenvalue weighted by Crippen LogP contribution is 2.33. The Morgan fingerprint density at radius 2 is 1.81 bits per heavy atom. The van der Waals surface area contributed by atoms with Crippen LogP contribution in [0.25, 0.3) is 0 Å². The Bertz CT molecular complexity index is 790. The number of rotatable bonds is 5. The van der Waals surface area contributed by atoms with E-state index >= 15 is 0 Å². The minimum atomic E-state index is -0.373. The van der Waals surface area contributed by atoms with Crippen molar-refractivity contribution in [1.82, 2.24) is 5.32 Å². The van der Waals surface area contributed by atoms with Crippen LogP contribution in [-0.4, -0.2) is 31.1 Å². The third kappa shape index (κ3) is 4.38. The molecule has 1 fully saturated rings. The number of anilines is 2. The Labute approximate surface area is 162 Å². The van der Waals surface area contributed by atoms with Gasteiger partial charge in [0.25, 0.3) is 5.69 Å². The fourth-order valence-corrected chi connectivity index (χ4v) is 3.60. The van der Waals surface area contributed by atoms with Crippen LogP contribution in [0.2, 0.25) is 10.0 Å². The molecule has 26 heavy (non-hydrogen) atoms. The van der Waals surface area contributed by atoms with Gasteiger partial charge in [-0.15, -0.1) is 0 Å². The molecule has 0 radical (unpaired) electrons. The van der Waals surface area contributed by atoms with Gasteiger partial charge in [-0.25, -0.2) is 0 Å². The van der Waals surface area contributed by atoms with Gasteiger partial charge >= 0.3 is 0 Å². The lowest BCUT2D eigenvalue weighted by atomic mass is 10.1. The van der Waals surface area contributed by atoms with Crippen LogP contribution in [0.4, 0.5) is 17.1 Å². The zero-order valence-corrected chi connectivity index (χ0v) is 15.8. The first-order valence-corrected chi connectivity index (χ1v) is 9.16. The second-order valence-electron chi connectivity index (χ2n) is 6.26. The molecule has 0 aliphatic carbocycles. The average molecular weight is 395 g/mol. The number of nitro benzene ring substituents is 1. The highest BCUT2D eigenvalue weighted by molar-refractivity contribution is 6.34. The molecule has 6 nitrogen and oxygen atoms in total. The fourth-order valence-electron chi connectivity index (χ4n) is 3.06. The normalized spacial score (nSPS) is 15.6. The van der Waals surface area contributed by atoms with Crippen LogP contribution in [-0.2, 0) is 0 Å². The maximum atomic E-state index is 11.4. The van der Waals surface area contributed by atoms with Crippen LogP contribution in [0.15, 0.2) is 36.4 Å². The van der Waals surface area contributed by atoms with Crippen LogP contribution in [0.3, 0.4) is 0 Å². The summed E-state index contributed by atoms with van der Waals surface area (Å²) in [5.41, 5.74) is 2.36. The van der Waals surface area contributed by atoms with E-state index in [4.69, 9.17) is 23.2 Å². The van der Waals surface area contributed by atoms with Crippen molar-refractivity contribution in [2.24, 2.45) is 0 Å². The van der Waals surface area contributed by atoms with Crippen LogP contribution in [0.5, 0.6) is 0 Å². The Hall–Kier alpha value is -2.02. The second kappa shape index (κ2) is 8.12. The van der Waals surface area contributed by atoms with Gasteiger partial charge in [0.2, 0.25) is 0 Å². The summed E-state index contributed by atoms with van der Waals surface area (Å²) in [7, 11) is 0. The van der Waals surface area contributed by atoms with E-state index in [1.807, 2.05) is 13.0 Å². The fraction of sp³-hybridized carbons (Fsp3) is 0.333. The third-order valence-electron chi connectivity index (χ3n) is 4.42. The quantitative estimate of drug-likeness (QED) is 0.577. The molecule has 1 aliphatic rings. The van der Waals surface area contributed by atoms with Gasteiger partial charge in [-0.2, -0.15) is 0 Å². The third-order valence-corrected chi connectivity index (χ3v) is 4.85. The van der Waals surface area contributed by atoms with Crippen molar-refractivity contribution < 1.29 is 4.92 Å². The molecule has 1 saturated heterocycles. The summed E-state index contributed by atoms with van der Waals surface area (Å²) in [6.45, 7) is 5.46. The monoisotopic (exact) mass is 394 g/mol. The first-order valence-electron chi connectivity index (χ1n) is 8.40. The summed E-state index contributed by atoms with van der Waals surface area (Å²) in [4.78, 5) is 13.3. The van der Waals surface area contributed by atoms with Crippen molar-refractivity contribution >= 4 is 40.3 Å². The lowest BCUT2D eigenvalue weighted by Gasteiger charge is -2.30. The van der Waals surface area contributed by atoms with E-state index in [1.54, 1.807) is 30.3 Å².